The zero-order valence-electron chi connectivity index (χ0n) is 7.88. The van der Waals surface area contributed by atoms with Crippen LogP contribution >= 0.6 is 0 Å². The Labute approximate surface area is 77.1 Å². The van der Waals surface area contributed by atoms with Crippen molar-refractivity contribution in [2.75, 3.05) is 25.9 Å². The molecule has 1 fully saturated rings. The van der Waals surface area contributed by atoms with Gasteiger partial charge in [0.2, 0.25) is 0 Å². The molecule has 0 aliphatic carbocycles. The van der Waals surface area contributed by atoms with Crippen molar-refractivity contribution in [3.8, 4) is 0 Å². The van der Waals surface area contributed by atoms with Crippen LogP contribution < -0.4 is 5.32 Å². The van der Waals surface area contributed by atoms with Crippen LogP contribution in [0.5, 0.6) is 0 Å². The van der Waals surface area contributed by atoms with Crippen molar-refractivity contribution in [2.45, 2.75) is 25.8 Å². The Morgan fingerprint density at radius 2 is 2.42 bits per heavy atom. The van der Waals surface area contributed by atoms with Crippen LogP contribution in [0.15, 0.2) is 0 Å². The molecule has 0 aromatic heterocycles. The minimum absolute atomic E-state index is 0.481. The summed E-state index contributed by atoms with van der Waals surface area (Å²) < 4.78 is 13.3. The van der Waals surface area contributed by atoms with Crippen LogP contribution in [-0.2, 0) is 11.0 Å². The average molecular weight is 190 g/mol. The summed E-state index contributed by atoms with van der Waals surface area (Å²) in [5, 5.41) is 3.33. The summed E-state index contributed by atoms with van der Waals surface area (Å²) in [5.41, 5.74) is 0. The molecular weight excluding hydrogens is 172 g/mol. The monoisotopic (exact) mass is 190 g/mol. The van der Waals surface area contributed by atoms with Crippen LogP contribution in [0.25, 0.3) is 0 Å². The van der Waals surface area contributed by atoms with Crippen LogP contribution in [-0.4, -0.2) is 40.4 Å². The zero-order chi connectivity index (χ0) is 8.97. The van der Waals surface area contributed by atoms with Crippen molar-refractivity contribution >= 4 is 11.0 Å². The Kier molecular flexibility index (Phi) is 4.18. The maximum absolute atomic E-state index is 11.3. The molecule has 12 heavy (non-hydrogen) atoms. The Bertz CT molecular complexity index is 157. The summed E-state index contributed by atoms with van der Waals surface area (Å²) in [4.78, 5) is 0. The molecule has 1 N–H and O–H groups in total. The predicted molar refractivity (Wildman–Crippen MR) is 52.3 cm³/mol. The van der Waals surface area contributed by atoms with Gasteiger partial charge in [-0.2, -0.15) is 0 Å². The van der Waals surface area contributed by atoms with Gasteiger partial charge in [-0.05, 0) is 19.4 Å². The molecule has 0 bridgehead atoms. The lowest BCUT2D eigenvalue weighted by Gasteiger charge is -2.31. The number of nitrogens with zero attached hydrogens (tertiary/aromatic N) is 1. The molecule has 1 heterocycles. The lowest BCUT2D eigenvalue weighted by molar-refractivity contribution is 0.287. The highest BCUT2D eigenvalue weighted by Gasteiger charge is 2.21. The van der Waals surface area contributed by atoms with Crippen LogP contribution in [0.3, 0.4) is 0 Å². The zero-order valence-corrected chi connectivity index (χ0v) is 8.69. The second-order valence-corrected chi connectivity index (χ2v) is 4.47. The van der Waals surface area contributed by atoms with E-state index in [0.29, 0.717) is 6.04 Å². The molecular formula is C8H18N2OS. The number of likely N-dealkylation sites (N-methyl/N-ethyl adjacent to an activating group) is 1. The van der Waals surface area contributed by atoms with E-state index in [4.69, 9.17) is 0 Å². The highest BCUT2D eigenvalue weighted by Crippen LogP contribution is 2.10. The highest BCUT2D eigenvalue weighted by molar-refractivity contribution is 7.81. The molecule has 4 heteroatoms. The molecule has 1 aliphatic heterocycles. The number of hydrogen-bond acceptors (Lipinski definition) is 2. The molecule has 0 aromatic rings. The SMILES string of the molecule is CCN(C1CCCNC1)S(C)=O. The van der Waals surface area contributed by atoms with E-state index in [-0.39, 0.29) is 0 Å². The fourth-order valence-corrected chi connectivity index (χ4v) is 2.69. The standard InChI is InChI=1S/C8H18N2OS/c1-3-10(12(2)11)8-5-4-6-9-7-8/h8-9H,3-7H2,1-2H3. The van der Waals surface area contributed by atoms with E-state index in [1.54, 1.807) is 6.26 Å². The van der Waals surface area contributed by atoms with Gasteiger partial charge in [0, 0.05) is 25.4 Å². The van der Waals surface area contributed by atoms with Crippen LogP contribution in [0.1, 0.15) is 19.8 Å². The van der Waals surface area contributed by atoms with E-state index < -0.39 is 11.0 Å². The van der Waals surface area contributed by atoms with E-state index >= 15 is 0 Å². The van der Waals surface area contributed by atoms with Crippen molar-refractivity contribution in [3.05, 3.63) is 0 Å². The van der Waals surface area contributed by atoms with Crippen molar-refractivity contribution in [2.24, 2.45) is 0 Å². The first-order valence-electron chi connectivity index (χ1n) is 4.56. The number of hydrogen-bond donors (Lipinski definition) is 1. The van der Waals surface area contributed by atoms with Gasteiger partial charge in [0.05, 0.1) is 11.0 Å². The molecule has 0 aromatic carbocycles. The predicted octanol–water partition coefficient (Wildman–Crippen LogP) is 0.354. The maximum Gasteiger partial charge on any atom is 0.0913 e. The summed E-state index contributed by atoms with van der Waals surface area (Å²) in [7, 11) is -0.808. The van der Waals surface area contributed by atoms with Gasteiger partial charge < -0.3 is 5.32 Å². The van der Waals surface area contributed by atoms with Gasteiger partial charge in [0.15, 0.2) is 0 Å². The first-order chi connectivity index (χ1) is 5.75. The van der Waals surface area contributed by atoms with Crippen LogP contribution in [0, 0.1) is 0 Å². The van der Waals surface area contributed by atoms with E-state index in [2.05, 4.69) is 16.5 Å². The van der Waals surface area contributed by atoms with Crippen LogP contribution in [0.2, 0.25) is 0 Å². The van der Waals surface area contributed by atoms with Crippen molar-refractivity contribution in [1.82, 2.24) is 9.62 Å². The molecule has 3 nitrogen and oxygen atoms in total. The Morgan fingerprint density at radius 3 is 2.83 bits per heavy atom. The Hall–Kier alpha value is 0.0700. The second-order valence-electron chi connectivity index (χ2n) is 3.16. The average Bonchev–Trinajstić information content (AvgIpc) is 2.07. The normalized spacial score (nSPS) is 27.4. The molecule has 1 aliphatic rings. The molecule has 0 saturated carbocycles. The third-order valence-electron chi connectivity index (χ3n) is 2.32. The fourth-order valence-electron chi connectivity index (χ4n) is 1.73. The summed E-state index contributed by atoms with van der Waals surface area (Å²) in [6.07, 6.45) is 4.15. The van der Waals surface area contributed by atoms with Gasteiger partial charge in [-0.25, -0.2) is 8.51 Å². The minimum Gasteiger partial charge on any atom is -0.315 e. The molecule has 0 amide bonds. The van der Waals surface area contributed by atoms with Crippen molar-refractivity contribution in [1.29, 1.82) is 0 Å². The molecule has 1 saturated heterocycles. The number of rotatable bonds is 3. The minimum atomic E-state index is -0.808. The van der Waals surface area contributed by atoms with Gasteiger partial charge >= 0.3 is 0 Å². The van der Waals surface area contributed by atoms with Crippen molar-refractivity contribution in [3.63, 3.8) is 0 Å². The number of piperidine rings is 1. The van der Waals surface area contributed by atoms with E-state index in [1.165, 1.54) is 12.8 Å². The lowest BCUT2D eigenvalue weighted by Crippen LogP contribution is -2.46. The number of nitrogens with one attached hydrogen (secondary N) is 1. The van der Waals surface area contributed by atoms with Gasteiger partial charge in [0.25, 0.3) is 0 Å². The molecule has 2 unspecified atom stereocenters. The quantitative estimate of drug-likeness (QED) is 0.696. The smallest absolute Gasteiger partial charge is 0.0913 e. The summed E-state index contributed by atoms with van der Waals surface area (Å²) >= 11 is 0. The highest BCUT2D eigenvalue weighted by atomic mass is 32.2. The third kappa shape index (κ3) is 2.54. The van der Waals surface area contributed by atoms with E-state index in [9.17, 15) is 4.21 Å². The summed E-state index contributed by atoms with van der Waals surface area (Å²) in [5.74, 6) is 0. The topological polar surface area (TPSA) is 32.3 Å². The second kappa shape index (κ2) is 4.94. The third-order valence-corrected chi connectivity index (χ3v) is 3.54. The van der Waals surface area contributed by atoms with Crippen molar-refractivity contribution < 1.29 is 4.21 Å². The molecule has 0 spiro atoms. The molecule has 0 radical (unpaired) electrons. The Morgan fingerprint density at radius 1 is 1.67 bits per heavy atom. The van der Waals surface area contributed by atoms with E-state index in [0.717, 1.165) is 19.6 Å². The largest absolute Gasteiger partial charge is 0.315 e. The molecule has 2 atom stereocenters. The van der Waals surface area contributed by atoms with E-state index in [1.807, 2.05) is 0 Å². The van der Waals surface area contributed by atoms with Gasteiger partial charge in [0.1, 0.15) is 0 Å². The maximum atomic E-state index is 11.3. The van der Waals surface area contributed by atoms with Gasteiger partial charge in [-0.15, -0.1) is 0 Å². The summed E-state index contributed by atoms with van der Waals surface area (Å²) in [6, 6.07) is 0.481. The molecule has 72 valence electrons. The Balaban J connectivity index is 2.46. The fraction of sp³-hybridized carbons (Fsp3) is 1.00. The molecule has 1 rings (SSSR count). The first-order valence-corrected chi connectivity index (χ1v) is 6.08. The van der Waals surface area contributed by atoms with Crippen LogP contribution in [0.4, 0.5) is 0 Å². The first kappa shape index (κ1) is 10.2. The van der Waals surface area contributed by atoms with Gasteiger partial charge in [-0.3, -0.25) is 0 Å². The summed E-state index contributed by atoms with van der Waals surface area (Å²) in [6.45, 7) is 5.06. The van der Waals surface area contributed by atoms with Gasteiger partial charge in [-0.1, -0.05) is 6.92 Å². The lowest BCUT2D eigenvalue weighted by atomic mass is 10.1.